The predicted octanol–water partition coefficient (Wildman–Crippen LogP) is 4.32. The smallest absolute Gasteiger partial charge is 0.107 e. The molecule has 1 aromatic carbocycles. The Morgan fingerprint density at radius 3 is 2.89 bits per heavy atom. The molecule has 1 heterocycles. The average Bonchev–Trinajstić information content (AvgIpc) is 2.83. The van der Waals surface area contributed by atoms with Gasteiger partial charge in [-0.3, -0.25) is 0 Å². The van der Waals surface area contributed by atoms with Crippen LogP contribution in [0.3, 0.4) is 0 Å². The summed E-state index contributed by atoms with van der Waals surface area (Å²) < 4.78 is 0.923. The first kappa shape index (κ1) is 14.5. The SMILES string of the molecule is CCc1ccsc1CNc1cccc(Br)c1C(N)=S. The third kappa shape index (κ3) is 3.35. The summed E-state index contributed by atoms with van der Waals surface area (Å²) in [5.41, 5.74) is 9.01. The zero-order valence-electron chi connectivity index (χ0n) is 10.6. The van der Waals surface area contributed by atoms with Gasteiger partial charge in [0.1, 0.15) is 4.99 Å². The standard InChI is InChI=1S/C14H15BrN2S2/c1-2-9-6-7-19-12(9)8-17-11-5-3-4-10(15)13(11)14(16)18/h3-7,17H,2,8H2,1H3,(H2,16,18). The van der Waals surface area contributed by atoms with E-state index in [-0.39, 0.29) is 0 Å². The zero-order chi connectivity index (χ0) is 13.8. The molecule has 0 amide bonds. The van der Waals surface area contributed by atoms with Gasteiger partial charge in [0.2, 0.25) is 0 Å². The molecule has 5 heteroatoms. The highest BCUT2D eigenvalue weighted by molar-refractivity contribution is 9.10. The number of halogens is 1. The van der Waals surface area contributed by atoms with Gasteiger partial charge in [0.05, 0.1) is 0 Å². The Labute approximate surface area is 131 Å². The number of benzene rings is 1. The molecule has 0 aliphatic rings. The molecule has 3 N–H and O–H groups in total. The van der Waals surface area contributed by atoms with Crippen LogP contribution in [0.2, 0.25) is 0 Å². The molecule has 2 aromatic rings. The summed E-state index contributed by atoms with van der Waals surface area (Å²) in [6.07, 6.45) is 1.06. The third-order valence-corrected chi connectivity index (χ3v) is 4.75. The Morgan fingerprint density at radius 2 is 2.21 bits per heavy atom. The molecule has 0 aliphatic heterocycles. The molecule has 1 aromatic heterocycles. The summed E-state index contributed by atoms with van der Waals surface area (Å²) in [7, 11) is 0. The fraction of sp³-hybridized carbons (Fsp3) is 0.214. The minimum atomic E-state index is 0.400. The molecule has 2 nitrogen and oxygen atoms in total. The van der Waals surface area contributed by atoms with Gasteiger partial charge in [-0.2, -0.15) is 0 Å². The van der Waals surface area contributed by atoms with Crippen LogP contribution < -0.4 is 11.1 Å². The lowest BCUT2D eigenvalue weighted by atomic mass is 10.1. The van der Waals surface area contributed by atoms with Gasteiger partial charge in [-0.1, -0.05) is 25.2 Å². The Kier molecular flexibility index (Phi) is 4.96. The summed E-state index contributed by atoms with van der Waals surface area (Å²) >= 11 is 10.4. The monoisotopic (exact) mass is 354 g/mol. The van der Waals surface area contributed by atoms with E-state index >= 15 is 0 Å². The van der Waals surface area contributed by atoms with Gasteiger partial charge >= 0.3 is 0 Å². The number of thiophene rings is 1. The molecule has 0 unspecified atom stereocenters. The lowest BCUT2D eigenvalue weighted by molar-refractivity contribution is 1.08. The van der Waals surface area contributed by atoms with Crippen molar-refractivity contribution < 1.29 is 0 Å². The van der Waals surface area contributed by atoms with Gasteiger partial charge in [0.25, 0.3) is 0 Å². The fourth-order valence-electron chi connectivity index (χ4n) is 1.93. The van der Waals surface area contributed by atoms with E-state index in [9.17, 15) is 0 Å². The second kappa shape index (κ2) is 6.50. The van der Waals surface area contributed by atoms with Crippen molar-refractivity contribution in [1.82, 2.24) is 0 Å². The first-order chi connectivity index (χ1) is 9.13. The number of anilines is 1. The van der Waals surface area contributed by atoms with Gasteiger partial charge in [-0.15, -0.1) is 11.3 Å². The van der Waals surface area contributed by atoms with Crippen molar-refractivity contribution >= 4 is 50.2 Å². The van der Waals surface area contributed by atoms with Gasteiger partial charge in [-0.05, 0) is 51.5 Å². The van der Waals surface area contributed by atoms with Gasteiger partial charge < -0.3 is 11.1 Å². The highest BCUT2D eigenvalue weighted by Gasteiger charge is 2.10. The minimum Gasteiger partial charge on any atom is -0.389 e. The molecule has 0 radical (unpaired) electrons. The van der Waals surface area contributed by atoms with Crippen LogP contribution in [0.4, 0.5) is 5.69 Å². The Morgan fingerprint density at radius 1 is 1.42 bits per heavy atom. The summed E-state index contributed by atoms with van der Waals surface area (Å²) in [6, 6.07) is 8.10. The normalized spacial score (nSPS) is 10.4. The zero-order valence-corrected chi connectivity index (χ0v) is 13.8. The average molecular weight is 355 g/mol. The van der Waals surface area contributed by atoms with Crippen LogP contribution in [0.25, 0.3) is 0 Å². The van der Waals surface area contributed by atoms with E-state index < -0.39 is 0 Å². The van der Waals surface area contributed by atoms with E-state index in [0.29, 0.717) is 4.99 Å². The Balaban J connectivity index is 2.20. The van der Waals surface area contributed by atoms with Crippen molar-refractivity contribution in [2.75, 3.05) is 5.32 Å². The number of nitrogens with one attached hydrogen (secondary N) is 1. The summed E-state index contributed by atoms with van der Waals surface area (Å²) in [4.78, 5) is 1.76. The van der Waals surface area contributed by atoms with Crippen LogP contribution in [-0.2, 0) is 13.0 Å². The Bertz CT molecular complexity index is 593. The van der Waals surface area contributed by atoms with E-state index in [4.69, 9.17) is 18.0 Å². The predicted molar refractivity (Wildman–Crippen MR) is 91.1 cm³/mol. The quantitative estimate of drug-likeness (QED) is 0.785. The molecular weight excluding hydrogens is 340 g/mol. The molecule has 0 bridgehead atoms. The van der Waals surface area contributed by atoms with Crippen LogP contribution in [0.1, 0.15) is 22.9 Å². The van der Waals surface area contributed by atoms with Gasteiger partial charge in [0.15, 0.2) is 0 Å². The van der Waals surface area contributed by atoms with Gasteiger partial charge in [-0.25, -0.2) is 0 Å². The van der Waals surface area contributed by atoms with Crippen LogP contribution in [0, 0.1) is 0 Å². The van der Waals surface area contributed by atoms with E-state index in [1.54, 1.807) is 11.3 Å². The third-order valence-electron chi connectivity index (χ3n) is 2.92. The lowest BCUT2D eigenvalue weighted by Crippen LogP contribution is -2.14. The number of hydrogen-bond donors (Lipinski definition) is 2. The highest BCUT2D eigenvalue weighted by atomic mass is 79.9. The minimum absolute atomic E-state index is 0.400. The Hall–Kier alpha value is -0.910. The van der Waals surface area contributed by atoms with Crippen molar-refractivity contribution in [2.45, 2.75) is 19.9 Å². The first-order valence-electron chi connectivity index (χ1n) is 6.01. The van der Waals surface area contributed by atoms with Crippen molar-refractivity contribution in [3.05, 3.63) is 50.1 Å². The van der Waals surface area contributed by atoms with E-state index in [2.05, 4.69) is 39.6 Å². The maximum atomic E-state index is 5.78. The molecule has 0 spiro atoms. The van der Waals surface area contributed by atoms with Crippen LogP contribution >= 0.6 is 39.5 Å². The largest absolute Gasteiger partial charge is 0.389 e. The van der Waals surface area contributed by atoms with Crippen LogP contribution in [0.5, 0.6) is 0 Å². The fourth-order valence-corrected chi connectivity index (χ4v) is 3.78. The molecular formula is C14H15BrN2S2. The maximum absolute atomic E-state index is 5.78. The number of thiocarbonyl (C=S) groups is 1. The molecule has 19 heavy (non-hydrogen) atoms. The van der Waals surface area contributed by atoms with Crippen molar-refractivity contribution in [2.24, 2.45) is 5.73 Å². The maximum Gasteiger partial charge on any atom is 0.107 e. The highest BCUT2D eigenvalue weighted by Crippen LogP contribution is 2.26. The van der Waals surface area contributed by atoms with E-state index in [0.717, 1.165) is 28.7 Å². The molecule has 0 aliphatic carbocycles. The number of nitrogens with two attached hydrogens (primary N) is 1. The summed E-state index contributed by atoms with van der Waals surface area (Å²) in [5.74, 6) is 0. The number of hydrogen-bond acceptors (Lipinski definition) is 3. The molecule has 100 valence electrons. The summed E-state index contributed by atoms with van der Waals surface area (Å²) in [6.45, 7) is 2.97. The van der Waals surface area contributed by atoms with Gasteiger partial charge in [0, 0.05) is 27.1 Å². The lowest BCUT2D eigenvalue weighted by Gasteiger charge is -2.12. The second-order valence-corrected chi connectivity index (χ2v) is 6.40. The molecule has 2 rings (SSSR count). The number of rotatable bonds is 5. The first-order valence-corrected chi connectivity index (χ1v) is 8.09. The van der Waals surface area contributed by atoms with Crippen LogP contribution in [-0.4, -0.2) is 4.99 Å². The molecule has 0 saturated carbocycles. The molecule has 0 atom stereocenters. The van der Waals surface area contributed by atoms with Crippen LogP contribution in [0.15, 0.2) is 34.1 Å². The van der Waals surface area contributed by atoms with Crippen molar-refractivity contribution in [1.29, 1.82) is 0 Å². The summed E-state index contributed by atoms with van der Waals surface area (Å²) in [5, 5.41) is 5.56. The second-order valence-electron chi connectivity index (χ2n) is 4.10. The topological polar surface area (TPSA) is 38.0 Å². The van der Waals surface area contributed by atoms with E-state index in [1.807, 2.05) is 18.2 Å². The molecule has 0 fully saturated rings. The van der Waals surface area contributed by atoms with Crippen molar-refractivity contribution in [3.63, 3.8) is 0 Å². The number of aryl methyl sites for hydroxylation is 1. The molecule has 0 saturated heterocycles. The van der Waals surface area contributed by atoms with E-state index in [1.165, 1.54) is 10.4 Å². The van der Waals surface area contributed by atoms with Crippen molar-refractivity contribution in [3.8, 4) is 0 Å².